The second-order valence-corrected chi connectivity index (χ2v) is 7.85. The molecule has 1 atom stereocenters. The zero-order valence-corrected chi connectivity index (χ0v) is 15.1. The lowest BCUT2D eigenvalue weighted by Gasteiger charge is -2.32. The van der Waals surface area contributed by atoms with Crippen LogP contribution in [-0.2, 0) is 20.2 Å². The van der Waals surface area contributed by atoms with E-state index in [4.69, 9.17) is 14.0 Å². The number of alkyl halides is 3. The zero-order chi connectivity index (χ0) is 18.5. The number of ether oxygens (including phenoxy) is 1. The van der Waals surface area contributed by atoms with Gasteiger partial charge in [-0.2, -0.15) is 13.2 Å². The molecule has 2 heterocycles. The van der Waals surface area contributed by atoms with Crippen LogP contribution in [0.3, 0.4) is 0 Å². The van der Waals surface area contributed by atoms with E-state index in [9.17, 15) is 13.2 Å². The number of benzene rings is 1. The minimum absolute atomic E-state index is 0.00203. The molecule has 0 saturated carbocycles. The zero-order valence-electron chi connectivity index (χ0n) is 15.1. The molecule has 0 aliphatic carbocycles. The Morgan fingerprint density at radius 2 is 1.72 bits per heavy atom. The minimum atomic E-state index is -4.47. The average Bonchev–Trinajstić information content (AvgIpc) is 2.75. The van der Waals surface area contributed by atoms with Crippen LogP contribution in [0.25, 0.3) is 0 Å². The van der Waals surface area contributed by atoms with Crippen molar-refractivity contribution in [2.24, 2.45) is 0 Å². The van der Waals surface area contributed by atoms with Gasteiger partial charge in [0.25, 0.3) is 0 Å². The highest BCUT2D eigenvalue weighted by molar-refractivity contribution is 6.62. The maximum Gasteiger partial charge on any atom is 0.495 e. The van der Waals surface area contributed by atoms with Crippen molar-refractivity contribution in [1.82, 2.24) is 0 Å². The second-order valence-electron chi connectivity index (χ2n) is 7.85. The van der Waals surface area contributed by atoms with Gasteiger partial charge in [0.2, 0.25) is 0 Å². The highest BCUT2D eigenvalue weighted by atomic mass is 19.4. The molecular weight excluding hydrogens is 332 g/mol. The van der Waals surface area contributed by atoms with Crippen LogP contribution >= 0.6 is 0 Å². The van der Waals surface area contributed by atoms with E-state index in [1.165, 1.54) is 12.1 Å². The van der Waals surface area contributed by atoms with Crippen molar-refractivity contribution in [3.05, 3.63) is 29.3 Å². The Balaban J connectivity index is 1.97. The van der Waals surface area contributed by atoms with Gasteiger partial charge in [0, 0.05) is 12.5 Å². The molecule has 3 nitrogen and oxygen atoms in total. The lowest BCUT2D eigenvalue weighted by Crippen LogP contribution is -2.41. The number of hydrogen-bond acceptors (Lipinski definition) is 3. The molecule has 2 aliphatic heterocycles. The van der Waals surface area contributed by atoms with E-state index < -0.39 is 30.1 Å². The molecule has 138 valence electrons. The molecule has 2 aliphatic rings. The molecule has 1 aromatic rings. The van der Waals surface area contributed by atoms with Crippen molar-refractivity contribution in [2.75, 3.05) is 13.2 Å². The normalized spacial score (nSPS) is 26.0. The van der Waals surface area contributed by atoms with E-state index in [2.05, 4.69) is 0 Å². The molecule has 1 unspecified atom stereocenters. The minimum Gasteiger partial charge on any atom is -0.399 e. The summed E-state index contributed by atoms with van der Waals surface area (Å²) >= 11 is 0. The van der Waals surface area contributed by atoms with Gasteiger partial charge in [-0.3, -0.25) is 0 Å². The SMILES string of the molecule is CC1(C)OB(c2ccc(C3CCCOC3)cc2C(F)(F)F)OC1(C)C. The second kappa shape index (κ2) is 6.29. The van der Waals surface area contributed by atoms with Crippen LogP contribution in [0.15, 0.2) is 18.2 Å². The summed E-state index contributed by atoms with van der Waals surface area (Å²) < 4.78 is 58.1. The summed E-state index contributed by atoms with van der Waals surface area (Å²) in [4.78, 5) is 0. The summed E-state index contributed by atoms with van der Waals surface area (Å²) in [6.07, 6.45) is -2.76. The van der Waals surface area contributed by atoms with Crippen LogP contribution in [0.2, 0.25) is 0 Å². The largest absolute Gasteiger partial charge is 0.495 e. The molecule has 0 bridgehead atoms. The summed E-state index contributed by atoms with van der Waals surface area (Å²) in [6, 6.07) is 4.48. The van der Waals surface area contributed by atoms with Gasteiger partial charge in [-0.15, -0.1) is 0 Å². The number of rotatable bonds is 2. The summed E-state index contributed by atoms with van der Waals surface area (Å²) in [5.41, 5.74) is -1.36. The van der Waals surface area contributed by atoms with E-state index in [1.807, 2.05) is 27.7 Å². The molecule has 1 aromatic carbocycles. The molecule has 2 saturated heterocycles. The summed E-state index contributed by atoms with van der Waals surface area (Å²) in [5, 5.41) is 0. The van der Waals surface area contributed by atoms with E-state index in [-0.39, 0.29) is 11.4 Å². The first kappa shape index (κ1) is 18.7. The van der Waals surface area contributed by atoms with Gasteiger partial charge in [-0.25, -0.2) is 0 Å². The lowest BCUT2D eigenvalue weighted by molar-refractivity contribution is -0.137. The topological polar surface area (TPSA) is 27.7 Å². The molecule has 2 fully saturated rings. The average molecular weight is 356 g/mol. The van der Waals surface area contributed by atoms with Gasteiger partial charge >= 0.3 is 13.3 Å². The summed E-state index contributed by atoms with van der Waals surface area (Å²) in [5.74, 6) is 0.00203. The van der Waals surface area contributed by atoms with Crippen molar-refractivity contribution in [2.45, 2.75) is 63.8 Å². The molecule has 0 radical (unpaired) electrons. The third-order valence-electron chi connectivity index (χ3n) is 5.52. The van der Waals surface area contributed by atoms with Crippen LogP contribution in [0.4, 0.5) is 13.2 Å². The highest BCUT2D eigenvalue weighted by Crippen LogP contribution is 2.39. The third kappa shape index (κ3) is 3.59. The third-order valence-corrected chi connectivity index (χ3v) is 5.52. The molecule has 3 rings (SSSR count). The standard InChI is InChI=1S/C18H24BF3O3/c1-16(2)17(3,4)25-19(24-16)15-8-7-12(10-14(15)18(20,21)22)13-6-5-9-23-11-13/h7-8,10,13H,5-6,9,11H2,1-4H3. The Labute approximate surface area is 147 Å². The highest BCUT2D eigenvalue weighted by Gasteiger charge is 2.53. The van der Waals surface area contributed by atoms with Gasteiger partial charge < -0.3 is 14.0 Å². The fourth-order valence-electron chi connectivity index (χ4n) is 3.25. The van der Waals surface area contributed by atoms with Crippen molar-refractivity contribution in [3.63, 3.8) is 0 Å². The van der Waals surface area contributed by atoms with Gasteiger partial charge in [0.15, 0.2) is 0 Å². The van der Waals surface area contributed by atoms with Crippen LogP contribution < -0.4 is 5.46 Å². The van der Waals surface area contributed by atoms with Gasteiger partial charge in [-0.1, -0.05) is 12.1 Å². The first-order chi connectivity index (χ1) is 11.5. The van der Waals surface area contributed by atoms with E-state index in [0.717, 1.165) is 12.8 Å². The molecular formula is C18H24BF3O3. The number of halogens is 3. The first-order valence-electron chi connectivity index (χ1n) is 8.66. The summed E-state index contributed by atoms with van der Waals surface area (Å²) in [6.45, 7) is 8.45. The van der Waals surface area contributed by atoms with Crippen molar-refractivity contribution in [1.29, 1.82) is 0 Å². The van der Waals surface area contributed by atoms with Gasteiger partial charge in [0.05, 0.1) is 23.4 Å². The molecule has 0 N–H and O–H groups in total. The van der Waals surface area contributed by atoms with Crippen LogP contribution in [0, 0.1) is 0 Å². The van der Waals surface area contributed by atoms with Crippen molar-refractivity contribution in [3.8, 4) is 0 Å². The lowest BCUT2D eigenvalue weighted by atomic mass is 9.74. The van der Waals surface area contributed by atoms with Crippen LogP contribution in [0.1, 0.15) is 57.6 Å². The van der Waals surface area contributed by atoms with Gasteiger partial charge in [-0.05, 0) is 57.6 Å². The fourth-order valence-corrected chi connectivity index (χ4v) is 3.25. The molecule has 0 amide bonds. The predicted octanol–water partition coefficient (Wildman–Crippen LogP) is 3.90. The Morgan fingerprint density at radius 3 is 2.24 bits per heavy atom. The van der Waals surface area contributed by atoms with Crippen LogP contribution in [-0.4, -0.2) is 31.5 Å². The summed E-state index contributed by atoms with van der Waals surface area (Å²) in [7, 11) is -1.03. The monoisotopic (exact) mass is 356 g/mol. The van der Waals surface area contributed by atoms with E-state index in [1.54, 1.807) is 6.07 Å². The Kier molecular flexibility index (Phi) is 4.71. The maximum atomic E-state index is 13.7. The van der Waals surface area contributed by atoms with E-state index >= 15 is 0 Å². The quantitative estimate of drug-likeness (QED) is 0.753. The van der Waals surface area contributed by atoms with Crippen molar-refractivity contribution < 1.29 is 27.2 Å². The number of hydrogen-bond donors (Lipinski definition) is 0. The van der Waals surface area contributed by atoms with Gasteiger partial charge in [0.1, 0.15) is 0 Å². The Morgan fingerprint density at radius 1 is 1.08 bits per heavy atom. The molecule has 0 spiro atoms. The molecule has 25 heavy (non-hydrogen) atoms. The fraction of sp³-hybridized carbons (Fsp3) is 0.667. The molecule has 7 heteroatoms. The molecule has 0 aromatic heterocycles. The predicted molar refractivity (Wildman–Crippen MR) is 90.0 cm³/mol. The van der Waals surface area contributed by atoms with Crippen molar-refractivity contribution >= 4 is 12.6 Å². The Hall–Kier alpha value is -1.05. The van der Waals surface area contributed by atoms with Crippen LogP contribution in [0.5, 0.6) is 0 Å². The Bertz CT molecular complexity index is 621. The maximum absolute atomic E-state index is 13.7. The first-order valence-corrected chi connectivity index (χ1v) is 8.66. The van der Waals surface area contributed by atoms with E-state index in [0.29, 0.717) is 18.8 Å². The smallest absolute Gasteiger partial charge is 0.399 e.